The molecular formula is C23H23NO5. The first-order valence-electron chi connectivity index (χ1n) is 9.90. The van der Waals surface area contributed by atoms with Crippen LogP contribution in [0.3, 0.4) is 0 Å². The van der Waals surface area contributed by atoms with E-state index in [-0.39, 0.29) is 5.63 Å². The third-order valence-corrected chi connectivity index (χ3v) is 5.90. The summed E-state index contributed by atoms with van der Waals surface area (Å²) in [6.45, 7) is 0.926. The van der Waals surface area contributed by atoms with Gasteiger partial charge in [-0.05, 0) is 55.5 Å². The van der Waals surface area contributed by atoms with Crippen molar-refractivity contribution < 1.29 is 18.6 Å². The number of methoxy groups -OCH3 is 2. The van der Waals surface area contributed by atoms with E-state index in [0.717, 1.165) is 70.7 Å². The minimum absolute atomic E-state index is 0.211. The molecule has 0 amide bonds. The monoisotopic (exact) mass is 393 g/mol. The standard InChI is InChI=1S/C23H23NO5/c1-26-14-7-9-21(27-2)19(11-14)24-12-18-20(28-13-24)10-8-16-15-5-3-4-6-17(15)23(25)29-22(16)18/h7-11H,3-6,12-13H2,1-2H3. The molecule has 29 heavy (non-hydrogen) atoms. The molecule has 0 radical (unpaired) electrons. The fraction of sp³-hybridized carbons (Fsp3) is 0.348. The van der Waals surface area contributed by atoms with Gasteiger partial charge in [-0.25, -0.2) is 4.79 Å². The summed E-state index contributed by atoms with van der Waals surface area (Å²) in [5, 5.41) is 1.03. The molecule has 0 spiro atoms. The van der Waals surface area contributed by atoms with Gasteiger partial charge in [0.25, 0.3) is 0 Å². The zero-order valence-electron chi connectivity index (χ0n) is 16.6. The SMILES string of the molecule is COc1ccc(OC)c(N2COc3ccc4c5c(c(=O)oc4c3C2)CCCC5)c1. The minimum Gasteiger partial charge on any atom is -0.497 e. The lowest BCUT2D eigenvalue weighted by Crippen LogP contribution is -2.32. The van der Waals surface area contributed by atoms with E-state index < -0.39 is 0 Å². The highest BCUT2D eigenvalue weighted by molar-refractivity contribution is 5.87. The van der Waals surface area contributed by atoms with Crippen molar-refractivity contribution in [3.8, 4) is 17.2 Å². The molecule has 0 unspecified atom stereocenters. The number of rotatable bonds is 3. The first kappa shape index (κ1) is 17.9. The van der Waals surface area contributed by atoms with Gasteiger partial charge >= 0.3 is 5.63 Å². The van der Waals surface area contributed by atoms with Gasteiger partial charge in [0, 0.05) is 17.0 Å². The molecule has 1 aliphatic heterocycles. The van der Waals surface area contributed by atoms with Crippen LogP contribution < -0.4 is 24.7 Å². The number of aryl methyl sites for hydroxylation is 1. The average Bonchev–Trinajstić information content (AvgIpc) is 2.78. The van der Waals surface area contributed by atoms with Crippen molar-refractivity contribution in [2.24, 2.45) is 0 Å². The first-order valence-corrected chi connectivity index (χ1v) is 9.90. The van der Waals surface area contributed by atoms with Crippen LogP contribution in [0.15, 0.2) is 39.5 Å². The number of nitrogens with zero attached hydrogens (tertiary/aromatic N) is 1. The second-order valence-electron chi connectivity index (χ2n) is 7.48. The molecule has 0 saturated heterocycles. The average molecular weight is 393 g/mol. The van der Waals surface area contributed by atoms with Crippen LogP contribution in [0.1, 0.15) is 29.5 Å². The predicted molar refractivity (Wildman–Crippen MR) is 110 cm³/mol. The zero-order chi connectivity index (χ0) is 20.0. The number of hydrogen-bond acceptors (Lipinski definition) is 6. The van der Waals surface area contributed by atoms with E-state index in [1.54, 1.807) is 14.2 Å². The Morgan fingerprint density at radius 2 is 1.79 bits per heavy atom. The summed E-state index contributed by atoms with van der Waals surface area (Å²) in [6.07, 6.45) is 3.87. The smallest absolute Gasteiger partial charge is 0.339 e. The summed E-state index contributed by atoms with van der Waals surface area (Å²) in [4.78, 5) is 14.7. The number of benzene rings is 2. The normalized spacial score (nSPS) is 15.4. The van der Waals surface area contributed by atoms with Crippen molar-refractivity contribution in [1.29, 1.82) is 0 Å². The van der Waals surface area contributed by atoms with Gasteiger partial charge < -0.3 is 23.5 Å². The molecule has 2 aliphatic rings. The molecule has 2 aromatic carbocycles. The van der Waals surface area contributed by atoms with Gasteiger partial charge in [-0.3, -0.25) is 0 Å². The van der Waals surface area contributed by atoms with Crippen LogP contribution in [0.5, 0.6) is 17.2 Å². The number of hydrogen-bond donors (Lipinski definition) is 0. The zero-order valence-corrected chi connectivity index (χ0v) is 16.6. The van der Waals surface area contributed by atoms with E-state index in [0.29, 0.717) is 18.9 Å². The lowest BCUT2D eigenvalue weighted by atomic mass is 9.90. The highest BCUT2D eigenvalue weighted by Gasteiger charge is 2.26. The topological polar surface area (TPSA) is 61.1 Å². The maximum Gasteiger partial charge on any atom is 0.339 e. The number of anilines is 1. The number of fused-ring (bicyclic) bond motifs is 5. The third kappa shape index (κ3) is 2.90. The van der Waals surface area contributed by atoms with Crippen LogP contribution in [-0.4, -0.2) is 21.0 Å². The number of ether oxygens (including phenoxy) is 3. The molecule has 2 heterocycles. The van der Waals surface area contributed by atoms with Crippen LogP contribution in [0.25, 0.3) is 11.0 Å². The van der Waals surface area contributed by atoms with Crippen LogP contribution in [0, 0.1) is 0 Å². The molecule has 6 nitrogen and oxygen atoms in total. The third-order valence-electron chi connectivity index (χ3n) is 5.90. The summed E-state index contributed by atoms with van der Waals surface area (Å²) in [5.74, 6) is 2.23. The Morgan fingerprint density at radius 3 is 2.59 bits per heavy atom. The van der Waals surface area contributed by atoms with Crippen LogP contribution >= 0.6 is 0 Å². The van der Waals surface area contributed by atoms with Gasteiger partial charge in [0.1, 0.15) is 22.8 Å². The molecular weight excluding hydrogens is 370 g/mol. The Labute approximate surface area is 168 Å². The van der Waals surface area contributed by atoms with E-state index >= 15 is 0 Å². The Hall–Kier alpha value is -3.15. The van der Waals surface area contributed by atoms with E-state index in [1.807, 2.05) is 30.3 Å². The van der Waals surface area contributed by atoms with E-state index in [9.17, 15) is 4.79 Å². The van der Waals surface area contributed by atoms with Gasteiger partial charge in [-0.2, -0.15) is 0 Å². The molecule has 3 aromatic rings. The van der Waals surface area contributed by atoms with Gasteiger partial charge in [0.2, 0.25) is 0 Å². The largest absolute Gasteiger partial charge is 0.497 e. The van der Waals surface area contributed by atoms with Crippen molar-refractivity contribution in [3.05, 3.63) is 57.4 Å². The molecule has 0 N–H and O–H groups in total. The summed E-state index contributed by atoms with van der Waals surface area (Å²) >= 11 is 0. The highest BCUT2D eigenvalue weighted by atomic mass is 16.5. The summed E-state index contributed by atoms with van der Waals surface area (Å²) in [7, 11) is 3.28. The highest BCUT2D eigenvalue weighted by Crippen LogP contribution is 2.39. The first-order chi connectivity index (χ1) is 14.2. The molecule has 6 heteroatoms. The second kappa shape index (κ2) is 7.03. The van der Waals surface area contributed by atoms with Crippen molar-refractivity contribution >= 4 is 16.7 Å². The van der Waals surface area contributed by atoms with Crippen molar-refractivity contribution in [3.63, 3.8) is 0 Å². The van der Waals surface area contributed by atoms with E-state index in [2.05, 4.69) is 4.90 Å². The van der Waals surface area contributed by atoms with Crippen molar-refractivity contribution in [1.82, 2.24) is 0 Å². The molecule has 1 aromatic heterocycles. The summed E-state index contributed by atoms with van der Waals surface area (Å²) in [6, 6.07) is 9.69. The molecule has 0 bridgehead atoms. The van der Waals surface area contributed by atoms with Gasteiger partial charge in [-0.1, -0.05) is 0 Å². The lowest BCUT2D eigenvalue weighted by Gasteiger charge is -2.32. The van der Waals surface area contributed by atoms with Gasteiger partial charge in [-0.15, -0.1) is 0 Å². The van der Waals surface area contributed by atoms with Gasteiger partial charge in [0.15, 0.2) is 6.73 Å². The quantitative estimate of drug-likeness (QED) is 0.626. The van der Waals surface area contributed by atoms with Crippen LogP contribution in [-0.2, 0) is 19.4 Å². The maximum atomic E-state index is 12.6. The Balaban J connectivity index is 1.63. The fourth-order valence-electron chi connectivity index (χ4n) is 4.41. The van der Waals surface area contributed by atoms with E-state index in [1.165, 1.54) is 0 Å². The fourth-order valence-corrected chi connectivity index (χ4v) is 4.41. The summed E-state index contributed by atoms with van der Waals surface area (Å²) < 4.78 is 22.8. The molecule has 5 rings (SSSR count). The molecule has 0 saturated carbocycles. The van der Waals surface area contributed by atoms with E-state index in [4.69, 9.17) is 18.6 Å². The lowest BCUT2D eigenvalue weighted by molar-refractivity contribution is 0.286. The maximum absolute atomic E-state index is 12.6. The Morgan fingerprint density at radius 1 is 0.966 bits per heavy atom. The summed E-state index contributed by atoms with van der Waals surface area (Å²) in [5.41, 5.74) is 4.17. The van der Waals surface area contributed by atoms with Crippen molar-refractivity contribution in [2.45, 2.75) is 32.2 Å². The molecule has 0 atom stereocenters. The van der Waals surface area contributed by atoms with Gasteiger partial charge in [0.05, 0.1) is 32.0 Å². The molecule has 0 fully saturated rings. The Kier molecular flexibility index (Phi) is 4.34. The van der Waals surface area contributed by atoms with Crippen LogP contribution in [0.4, 0.5) is 5.69 Å². The molecule has 150 valence electrons. The minimum atomic E-state index is -0.211. The second-order valence-corrected chi connectivity index (χ2v) is 7.48. The molecule has 1 aliphatic carbocycles. The Bertz CT molecular complexity index is 1150. The van der Waals surface area contributed by atoms with Crippen molar-refractivity contribution in [2.75, 3.05) is 25.9 Å². The predicted octanol–water partition coefficient (Wildman–Crippen LogP) is 4.05. The van der Waals surface area contributed by atoms with Crippen LogP contribution in [0.2, 0.25) is 0 Å².